The number of aliphatic imine (C=N–C) groups is 1. The Bertz CT molecular complexity index is 1430. The van der Waals surface area contributed by atoms with Crippen LogP contribution in [-0.4, -0.2) is 38.7 Å². The van der Waals surface area contributed by atoms with E-state index in [2.05, 4.69) is 48.3 Å². The first-order valence-electron chi connectivity index (χ1n) is 11.4. The van der Waals surface area contributed by atoms with Gasteiger partial charge in [-0.05, 0) is 43.0 Å². The van der Waals surface area contributed by atoms with E-state index in [9.17, 15) is 9.90 Å². The fourth-order valence-corrected chi connectivity index (χ4v) is 5.60. The number of rotatable bonds is 5. The van der Waals surface area contributed by atoms with Crippen molar-refractivity contribution in [3.63, 3.8) is 0 Å². The second-order valence-corrected chi connectivity index (χ2v) is 9.81. The molecule has 1 aliphatic heterocycles. The number of methoxy groups -OCH3 is 1. The van der Waals surface area contributed by atoms with Crippen molar-refractivity contribution in [1.82, 2.24) is 14.8 Å². The number of hydrogen-bond donors (Lipinski definition) is 1. The van der Waals surface area contributed by atoms with Crippen LogP contribution in [0, 0.1) is 20.8 Å². The molecule has 0 saturated heterocycles. The zero-order valence-corrected chi connectivity index (χ0v) is 20.9. The Morgan fingerprint density at radius 2 is 1.63 bits per heavy atom. The van der Waals surface area contributed by atoms with Gasteiger partial charge in [0.15, 0.2) is 5.82 Å². The van der Waals surface area contributed by atoms with Crippen molar-refractivity contribution in [3.8, 4) is 16.1 Å². The molecule has 0 spiro atoms. The van der Waals surface area contributed by atoms with Crippen LogP contribution in [-0.2, 0) is 16.1 Å². The SMILES string of the molecule is COC(=O)C[C@@H]1N=C(c2ccc(-c3ccc(CO)cc3)cc2)c2c(sc(C)c2C)-n2c(C)nnc21. The van der Waals surface area contributed by atoms with Gasteiger partial charge < -0.3 is 9.84 Å². The Morgan fingerprint density at radius 3 is 2.26 bits per heavy atom. The van der Waals surface area contributed by atoms with Crippen LogP contribution in [0.3, 0.4) is 0 Å². The summed E-state index contributed by atoms with van der Waals surface area (Å²) in [5.41, 5.74) is 7.04. The number of benzene rings is 2. The number of ether oxygens (including phenoxy) is 1. The van der Waals surface area contributed by atoms with Gasteiger partial charge in [-0.15, -0.1) is 21.5 Å². The number of aliphatic hydroxyl groups excluding tert-OH is 1. The third kappa shape index (κ3) is 4.09. The summed E-state index contributed by atoms with van der Waals surface area (Å²) in [6, 6.07) is 15.7. The number of carbonyl (C=O) groups excluding carboxylic acids is 1. The maximum absolute atomic E-state index is 12.3. The summed E-state index contributed by atoms with van der Waals surface area (Å²) < 4.78 is 6.99. The summed E-state index contributed by atoms with van der Waals surface area (Å²) >= 11 is 1.69. The minimum Gasteiger partial charge on any atom is -0.469 e. The first kappa shape index (κ1) is 23.1. The first-order valence-corrected chi connectivity index (χ1v) is 12.2. The van der Waals surface area contributed by atoms with Crippen molar-refractivity contribution >= 4 is 23.0 Å². The molecule has 4 aromatic rings. The highest BCUT2D eigenvalue weighted by atomic mass is 32.1. The Hall–Kier alpha value is -3.62. The average Bonchev–Trinajstić information content (AvgIpc) is 3.36. The van der Waals surface area contributed by atoms with Gasteiger partial charge in [0.2, 0.25) is 0 Å². The molecule has 0 amide bonds. The quantitative estimate of drug-likeness (QED) is 0.407. The summed E-state index contributed by atoms with van der Waals surface area (Å²) in [5.74, 6) is 1.06. The molecule has 2 aromatic carbocycles. The highest BCUT2D eigenvalue weighted by Gasteiger charge is 2.32. The predicted octanol–water partition coefficient (Wildman–Crippen LogP) is 4.87. The Morgan fingerprint density at radius 1 is 1.00 bits per heavy atom. The van der Waals surface area contributed by atoms with Crippen molar-refractivity contribution in [1.29, 1.82) is 0 Å². The molecule has 0 unspecified atom stereocenters. The summed E-state index contributed by atoms with van der Waals surface area (Å²) in [7, 11) is 1.38. The number of aromatic nitrogens is 3. The molecule has 0 radical (unpaired) electrons. The van der Waals surface area contributed by atoms with Gasteiger partial charge >= 0.3 is 5.97 Å². The lowest BCUT2D eigenvalue weighted by atomic mass is 9.96. The Kier molecular flexibility index (Phi) is 6.08. The van der Waals surface area contributed by atoms with E-state index in [4.69, 9.17) is 9.73 Å². The van der Waals surface area contributed by atoms with E-state index in [1.807, 2.05) is 35.8 Å². The highest BCUT2D eigenvalue weighted by Crippen LogP contribution is 2.39. The maximum atomic E-state index is 12.3. The summed E-state index contributed by atoms with van der Waals surface area (Å²) in [6.07, 6.45) is 0.0837. The van der Waals surface area contributed by atoms with Gasteiger partial charge in [-0.2, -0.15) is 0 Å². The standard InChI is InChI=1S/C27H26N4O3S/c1-15-16(2)35-27-24(15)25(28-22(13-23(33)34-4)26-30-29-17(3)31(26)27)21-11-9-20(10-12-21)19-7-5-18(14-32)6-8-19/h5-12,22,32H,13-14H2,1-4H3/t22-/m0/s1. The fourth-order valence-electron chi connectivity index (χ4n) is 4.39. The summed E-state index contributed by atoms with van der Waals surface area (Å²) in [6.45, 7) is 6.16. The van der Waals surface area contributed by atoms with E-state index < -0.39 is 6.04 Å². The Balaban J connectivity index is 1.64. The molecule has 1 atom stereocenters. The van der Waals surface area contributed by atoms with E-state index in [-0.39, 0.29) is 19.0 Å². The molecule has 3 heterocycles. The number of fused-ring (bicyclic) bond motifs is 3. The highest BCUT2D eigenvalue weighted by molar-refractivity contribution is 7.15. The molecule has 7 nitrogen and oxygen atoms in total. The van der Waals surface area contributed by atoms with Crippen LogP contribution < -0.4 is 0 Å². The zero-order valence-electron chi connectivity index (χ0n) is 20.1. The number of hydrogen-bond acceptors (Lipinski definition) is 7. The molecule has 2 aromatic heterocycles. The summed E-state index contributed by atoms with van der Waals surface area (Å²) in [5, 5.41) is 19.0. The lowest BCUT2D eigenvalue weighted by Gasteiger charge is -2.12. The molecule has 0 saturated carbocycles. The second-order valence-electron chi connectivity index (χ2n) is 8.61. The van der Waals surface area contributed by atoms with Crippen LogP contribution in [0.5, 0.6) is 0 Å². The smallest absolute Gasteiger partial charge is 0.308 e. The number of carbonyl (C=O) groups is 1. The number of aliphatic hydroxyl groups is 1. The van der Waals surface area contributed by atoms with Crippen LogP contribution in [0.4, 0.5) is 0 Å². The number of thiophene rings is 1. The fraction of sp³-hybridized carbons (Fsp3) is 0.259. The lowest BCUT2D eigenvalue weighted by Crippen LogP contribution is -2.12. The minimum absolute atomic E-state index is 0.0278. The number of nitrogens with zero attached hydrogens (tertiary/aromatic N) is 4. The number of aryl methyl sites for hydroxylation is 2. The first-order chi connectivity index (χ1) is 16.9. The molecule has 0 fully saturated rings. The van der Waals surface area contributed by atoms with Crippen molar-refractivity contribution in [2.45, 2.75) is 39.8 Å². The second kappa shape index (κ2) is 9.20. The van der Waals surface area contributed by atoms with Crippen molar-refractivity contribution < 1.29 is 14.6 Å². The van der Waals surface area contributed by atoms with Gasteiger partial charge in [0.1, 0.15) is 16.9 Å². The van der Waals surface area contributed by atoms with E-state index in [0.717, 1.165) is 49.9 Å². The molecule has 0 aliphatic carbocycles. The molecule has 1 aliphatic rings. The van der Waals surface area contributed by atoms with Crippen LogP contribution in [0.25, 0.3) is 16.1 Å². The topological polar surface area (TPSA) is 89.6 Å². The largest absolute Gasteiger partial charge is 0.469 e. The van der Waals surface area contributed by atoms with E-state index in [1.165, 1.54) is 12.0 Å². The van der Waals surface area contributed by atoms with Crippen LogP contribution in [0.2, 0.25) is 0 Å². The van der Waals surface area contributed by atoms with Crippen molar-refractivity contribution in [2.24, 2.45) is 4.99 Å². The maximum Gasteiger partial charge on any atom is 0.308 e. The molecular weight excluding hydrogens is 460 g/mol. The predicted molar refractivity (Wildman–Crippen MR) is 136 cm³/mol. The normalized spacial score (nSPS) is 14.7. The molecule has 8 heteroatoms. The Labute approximate surface area is 207 Å². The van der Waals surface area contributed by atoms with Gasteiger partial charge in [0.25, 0.3) is 0 Å². The molecule has 1 N–H and O–H groups in total. The molecule has 35 heavy (non-hydrogen) atoms. The summed E-state index contributed by atoms with van der Waals surface area (Å²) in [4.78, 5) is 18.6. The van der Waals surface area contributed by atoms with Gasteiger partial charge in [0, 0.05) is 16.0 Å². The van der Waals surface area contributed by atoms with E-state index in [0.29, 0.717) is 5.82 Å². The molecule has 0 bridgehead atoms. The minimum atomic E-state index is -0.511. The van der Waals surface area contributed by atoms with Gasteiger partial charge in [-0.25, -0.2) is 0 Å². The number of esters is 1. The van der Waals surface area contributed by atoms with Crippen LogP contribution >= 0.6 is 11.3 Å². The molecule has 5 rings (SSSR count). The van der Waals surface area contributed by atoms with Crippen molar-refractivity contribution in [3.05, 3.63) is 87.3 Å². The van der Waals surface area contributed by atoms with Gasteiger partial charge in [-0.1, -0.05) is 48.5 Å². The molecule has 178 valence electrons. The van der Waals surface area contributed by atoms with Gasteiger partial charge in [0.05, 0.1) is 25.8 Å². The zero-order chi connectivity index (χ0) is 24.7. The van der Waals surface area contributed by atoms with Crippen LogP contribution in [0.1, 0.15) is 51.2 Å². The average molecular weight is 487 g/mol. The van der Waals surface area contributed by atoms with Gasteiger partial charge in [-0.3, -0.25) is 14.4 Å². The van der Waals surface area contributed by atoms with Crippen LogP contribution in [0.15, 0.2) is 53.5 Å². The van der Waals surface area contributed by atoms with E-state index >= 15 is 0 Å². The lowest BCUT2D eigenvalue weighted by molar-refractivity contribution is -0.141. The monoisotopic (exact) mass is 486 g/mol. The third-order valence-electron chi connectivity index (χ3n) is 6.46. The third-order valence-corrected chi connectivity index (χ3v) is 7.65. The van der Waals surface area contributed by atoms with Crippen molar-refractivity contribution in [2.75, 3.05) is 7.11 Å². The molecular formula is C27H26N4O3S. The van der Waals surface area contributed by atoms with E-state index in [1.54, 1.807) is 11.3 Å².